The number of benzene rings is 2. The van der Waals surface area contributed by atoms with Gasteiger partial charge in [0, 0.05) is 32.3 Å². The van der Waals surface area contributed by atoms with Crippen LogP contribution in [0.15, 0.2) is 71.1 Å². The second kappa shape index (κ2) is 14.1. The Morgan fingerprint density at radius 2 is 1.95 bits per heavy atom. The minimum Gasteiger partial charge on any atom is -0.494 e. The standard InChI is InChI=1S/C31H40N4O6S/c1-4-5-9-26-23(2)8-6-10-27(26)29-33-28(41-34-29)11-7-21-40-24-12-14-25(15-13-24)42(37,38)31(30(32)36)16-18-35(19-17-31)20-22-39-3/h4-6,8-10,12-15,28H,1,7,11,16-22H2,2-3H3,(H2,32,36)(H,33,34)/b9-5-. The van der Waals surface area contributed by atoms with Gasteiger partial charge in [0.15, 0.2) is 26.6 Å². The number of carbonyl (C=O) groups is 1. The molecule has 0 bridgehead atoms. The van der Waals surface area contributed by atoms with Crippen LogP contribution < -0.4 is 16.0 Å². The largest absolute Gasteiger partial charge is 0.494 e. The minimum atomic E-state index is -3.99. The molecule has 42 heavy (non-hydrogen) atoms. The van der Waals surface area contributed by atoms with Crippen molar-refractivity contribution in [1.29, 1.82) is 0 Å². The molecule has 2 aliphatic heterocycles. The number of piperidine rings is 1. The van der Waals surface area contributed by atoms with Gasteiger partial charge < -0.3 is 20.1 Å². The summed E-state index contributed by atoms with van der Waals surface area (Å²) in [6.07, 6.45) is 6.87. The minimum absolute atomic E-state index is 0.0599. The first-order valence-electron chi connectivity index (χ1n) is 14.1. The maximum Gasteiger partial charge on any atom is 0.239 e. The van der Waals surface area contributed by atoms with E-state index in [4.69, 9.17) is 25.0 Å². The average molecular weight is 597 g/mol. The van der Waals surface area contributed by atoms with E-state index in [0.29, 0.717) is 57.3 Å². The lowest BCUT2D eigenvalue weighted by Crippen LogP contribution is -2.57. The number of likely N-dealkylation sites (tertiary alicyclic amines) is 1. The number of amidine groups is 1. The zero-order valence-electron chi connectivity index (χ0n) is 24.3. The molecule has 1 amide bonds. The molecule has 1 atom stereocenters. The summed E-state index contributed by atoms with van der Waals surface area (Å²) < 4.78 is 36.5. The van der Waals surface area contributed by atoms with Crippen molar-refractivity contribution in [2.75, 3.05) is 40.0 Å². The summed E-state index contributed by atoms with van der Waals surface area (Å²) in [7, 11) is -2.38. The Bertz CT molecular complexity index is 1410. The first-order chi connectivity index (χ1) is 20.2. The first-order valence-corrected chi connectivity index (χ1v) is 15.6. The highest BCUT2D eigenvalue weighted by Gasteiger charge is 2.51. The van der Waals surface area contributed by atoms with Gasteiger partial charge in [0.25, 0.3) is 0 Å². The number of nitrogens with two attached hydrogens (primary N) is 1. The van der Waals surface area contributed by atoms with E-state index < -0.39 is 20.5 Å². The number of nitrogens with one attached hydrogen (secondary N) is 1. The Labute approximate surface area is 248 Å². The van der Waals surface area contributed by atoms with Crippen molar-refractivity contribution in [3.05, 3.63) is 77.9 Å². The van der Waals surface area contributed by atoms with E-state index in [9.17, 15) is 13.2 Å². The summed E-state index contributed by atoms with van der Waals surface area (Å²) in [6, 6.07) is 12.2. The van der Waals surface area contributed by atoms with Crippen LogP contribution in [0.5, 0.6) is 5.75 Å². The summed E-state index contributed by atoms with van der Waals surface area (Å²) in [5.41, 5.74) is 11.8. The topological polar surface area (TPSA) is 133 Å². The molecule has 2 aliphatic rings. The molecule has 0 saturated carbocycles. The molecule has 11 heteroatoms. The van der Waals surface area contributed by atoms with Crippen LogP contribution in [0.1, 0.15) is 42.4 Å². The number of ether oxygens (including phenoxy) is 2. The third-order valence-electron chi connectivity index (χ3n) is 7.78. The first kappa shape index (κ1) is 31.4. The number of methoxy groups -OCH3 is 1. The van der Waals surface area contributed by atoms with E-state index in [-0.39, 0.29) is 24.0 Å². The molecule has 10 nitrogen and oxygen atoms in total. The summed E-state index contributed by atoms with van der Waals surface area (Å²) in [5.74, 6) is 0.402. The molecule has 4 rings (SSSR count). The smallest absolute Gasteiger partial charge is 0.239 e. The van der Waals surface area contributed by atoms with Gasteiger partial charge in [-0.25, -0.2) is 23.7 Å². The molecule has 2 heterocycles. The number of hydrogen-bond acceptors (Lipinski definition) is 9. The number of hydroxylamine groups is 1. The Hall–Kier alpha value is -3.51. The lowest BCUT2D eigenvalue weighted by molar-refractivity contribution is -0.121. The van der Waals surface area contributed by atoms with Crippen LogP contribution >= 0.6 is 0 Å². The van der Waals surface area contributed by atoms with Crippen LogP contribution in [0.3, 0.4) is 0 Å². The fourth-order valence-corrected chi connectivity index (χ4v) is 7.17. The second-order valence-electron chi connectivity index (χ2n) is 10.4. The quantitative estimate of drug-likeness (QED) is 0.251. The fraction of sp³-hybridized carbons (Fsp3) is 0.419. The van der Waals surface area contributed by atoms with E-state index in [1.54, 1.807) is 25.3 Å². The predicted octanol–water partition coefficient (Wildman–Crippen LogP) is 3.40. The summed E-state index contributed by atoms with van der Waals surface area (Å²) in [4.78, 5) is 25.0. The van der Waals surface area contributed by atoms with Gasteiger partial charge in [0.1, 0.15) is 5.75 Å². The molecule has 1 saturated heterocycles. The van der Waals surface area contributed by atoms with Crippen molar-refractivity contribution in [3.8, 4) is 5.75 Å². The summed E-state index contributed by atoms with van der Waals surface area (Å²) in [6.45, 7) is 8.32. The molecule has 2 aromatic carbocycles. The van der Waals surface area contributed by atoms with Crippen LogP contribution in [-0.4, -0.2) is 76.0 Å². The van der Waals surface area contributed by atoms with Gasteiger partial charge in [0.05, 0.1) is 18.1 Å². The van der Waals surface area contributed by atoms with E-state index in [1.807, 2.05) is 37.3 Å². The zero-order chi connectivity index (χ0) is 30.2. The Morgan fingerprint density at radius 3 is 2.62 bits per heavy atom. The number of primary amides is 1. The van der Waals surface area contributed by atoms with Crippen molar-refractivity contribution in [2.45, 2.75) is 48.5 Å². The van der Waals surface area contributed by atoms with Crippen LogP contribution in [0.4, 0.5) is 0 Å². The molecule has 226 valence electrons. The highest BCUT2D eigenvalue weighted by Crippen LogP contribution is 2.36. The molecule has 0 aliphatic carbocycles. The van der Waals surface area contributed by atoms with Gasteiger partial charge >= 0.3 is 0 Å². The Morgan fingerprint density at radius 1 is 1.21 bits per heavy atom. The van der Waals surface area contributed by atoms with Crippen LogP contribution in [-0.2, 0) is 24.2 Å². The maximum absolute atomic E-state index is 13.6. The number of allylic oxidation sites excluding steroid dienone is 2. The molecule has 0 aromatic heterocycles. The van der Waals surface area contributed by atoms with Crippen LogP contribution in [0, 0.1) is 6.92 Å². The number of amides is 1. The molecule has 1 fully saturated rings. The summed E-state index contributed by atoms with van der Waals surface area (Å²) >= 11 is 0. The SMILES string of the molecule is C=C/C=C\c1c(C)cccc1C1=NC(CCCOc2ccc(S(=O)(=O)C3(C(N)=O)CCN(CCOC)CC3)cc2)ON1. The van der Waals surface area contributed by atoms with E-state index in [1.165, 1.54) is 12.1 Å². The highest BCUT2D eigenvalue weighted by atomic mass is 32.2. The van der Waals surface area contributed by atoms with Crippen LogP contribution in [0.2, 0.25) is 0 Å². The number of rotatable bonds is 14. The Balaban J connectivity index is 1.31. The lowest BCUT2D eigenvalue weighted by Gasteiger charge is -2.38. The normalized spacial score (nSPS) is 18.9. The number of nitrogens with zero attached hydrogens (tertiary/aromatic N) is 2. The molecule has 0 spiro atoms. The van der Waals surface area contributed by atoms with Gasteiger partial charge in [-0.05, 0) is 68.0 Å². The lowest BCUT2D eigenvalue weighted by atomic mass is 9.95. The highest BCUT2D eigenvalue weighted by molar-refractivity contribution is 7.93. The molecule has 0 radical (unpaired) electrons. The van der Waals surface area contributed by atoms with Crippen molar-refractivity contribution in [3.63, 3.8) is 0 Å². The predicted molar refractivity (Wildman–Crippen MR) is 163 cm³/mol. The number of aliphatic imine (C=N–C) groups is 1. The van der Waals surface area contributed by atoms with Gasteiger partial charge in [-0.2, -0.15) is 0 Å². The average Bonchev–Trinajstić information content (AvgIpc) is 3.46. The molecule has 1 unspecified atom stereocenters. The van der Waals surface area contributed by atoms with Gasteiger partial charge in [0.2, 0.25) is 5.91 Å². The maximum atomic E-state index is 13.6. The molecular weight excluding hydrogens is 556 g/mol. The second-order valence-corrected chi connectivity index (χ2v) is 12.7. The zero-order valence-corrected chi connectivity index (χ0v) is 25.1. The summed E-state index contributed by atoms with van der Waals surface area (Å²) in [5, 5.41) is 0. The van der Waals surface area contributed by atoms with Crippen molar-refractivity contribution in [2.24, 2.45) is 10.7 Å². The fourth-order valence-electron chi connectivity index (χ4n) is 5.24. The molecular formula is C31H40N4O6S. The van der Waals surface area contributed by atoms with Crippen molar-refractivity contribution in [1.82, 2.24) is 10.4 Å². The van der Waals surface area contributed by atoms with Crippen molar-refractivity contribution < 1.29 is 27.5 Å². The van der Waals surface area contributed by atoms with E-state index in [0.717, 1.165) is 16.7 Å². The number of carbonyl (C=O) groups excluding carboxylic acids is 1. The van der Waals surface area contributed by atoms with Crippen LogP contribution in [0.25, 0.3) is 6.08 Å². The number of hydrogen-bond donors (Lipinski definition) is 2. The van der Waals surface area contributed by atoms with E-state index in [2.05, 4.69) is 17.0 Å². The Kier molecular flexibility index (Phi) is 10.6. The molecule has 3 N–H and O–H groups in total. The van der Waals surface area contributed by atoms with Gasteiger partial charge in [-0.15, -0.1) is 0 Å². The third kappa shape index (κ3) is 6.92. The third-order valence-corrected chi connectivity index (χ3v) is 10.3. The number of sulfone groups is 1. The monoisotopic (exact) mass is 596 g/mol. The van der Waals surface area contributed by atoms with Gasteiger partial charge in [-0.3, -0.25) is 4.79 Å². The van der Waals surface area contributed by atoms with E-state index >= 15 is 0 Å². The molecule has 2 aromatic rings. The van der Waals surface area contributed by atoms with Crippen molar-refractivity contribution >= 4 is 27.7 Å². The number of aryl methyl sites for hydroxylation is 1. The van der Waals surface area contributed by atoms with Gasteiger partial charge in [-0.1, -0.05) is 43.0 Å².